The van der Waals surface area contributed by atoms with Gasteiger partial charge in [0, 0.05) is 44.1 Å². The van der Waals surface area contributed by atoms with Crippen LogP contribution >= 0.6 is 0 Å². The van der Waals surface area contributed by atoms with Gasteiger partial charge in [-0.05, 0) is 62.1 Å². The number of hydrogen-bond acceptors (Lipinski definition) is 4. The highest BCUT2D eigenvalue weighted by atomic mass is 16.5. The fraction of sp³-hybridized carbons (Fsp3) is 0.478. The van der Waals surface area contributed by atoms with Crippen molar-refractivity contribution < 1.29 is 9.53 Å². The zero-order chi connectivity index (χ0) is 19.5. The van der Waals surface area contributed by atoms with Crippen LogP contribution in [-0.4, -0.2) is 52.5 Å². The minimum absolute atomic E-state index is 0.125. The molecule has 2 aliphatic heterocycles. The Hall–Kier alpha value is -2.24. The smallest absolute Gasteiger partial charge is 0.254 e. The van der Waals surface area contributed by atoms with Gasteiger partial charge >= 0.3 is 0 Å². The van der Waals surface area contributed by atoms with E-state index in [0.29, 0.717) is 0 Å². The Balaban J connectivity index is 1.42. The van der Waals surface area contributed by atoms with Crippen LogP contribution in [0.2, 0.25) is 0 Å². The summed E-state index contributed by atoms with van der Waals surface area (Å²) in [6, 6.07) is 12.3. The first-order valence-corrected chi connectivity index (χ1v) is 10.3. The molecule has 2 aromatic rings. The van der Waals surface area contributed by atoms with Crippen LogP contribution < -0.4 is 0 Å². The molecule has 5 nitrogen and oxygen atoms in total. The van der Waals surface area contributed by atoms with Crippen molar-refractivity contribution in [3.63, 3.8) is 0 Å². The molecule has 0 N–H and O–H groups in total. The maximum atomic E-state index is 13.1. The van der Waals surface area contributed by atoms with Gasteiger partial charge in [-0.1, -0.05) is 12.1 Å². The van der Waals surface area contributed by atoms with E-state index in [9.17, 15) is 4.79 Å². The molecular formula is C23H29N3O2. The van der Waals surface area contributed by atoms with Gasteiger partial charge in [0.15, 0.2) is 0 Å². The van der Waals surface area contributed by atoms with E-state index in [-0.39, 0.29) is 24.2 Å². The first kappa shape index (κ1) is 19.1. The number of benzene rings is 1. The molecule has 148 valence electrons. The third-order valence-corrected chi connectivity index (χ3v) is 5.71. The second-order valence-corrected chi connectivity index (χ2v) is 8.09. The molecule has 3 atom stereocenters. The Labute approximate surface area is 167 Å². The number of rotatable bonds is 4. The molecule has 0 aliphatic carbocycles. The van der Waals surface area contributed by atoms with Crippen molar-refractivity contribution in [3.8, 4) is 0 Å². The monoisotopic (exact) mass is 379 g/mol. The summed E-state index contributed by atoms with van der Waals surface area (Å²) in [5, 5.41) is 0. The van der Waals surface area contributed by atoms with Crippen molar-refractivity contribution in [2.75, 3.05) is 19.6 Å². The van der Waals surface area contributed by atoms with Gasteiger partial charge < -0.3 is 9.64 Å². The van der Waals surface area contributed by atoms with E-state index in [4.69, 9.17) is 4.74 Å². The molecule has 5 heteroatoms. The van der Waals surface area contributed by atoms with Crippen molar-refractivity contribution >= 4 is 5.91 Å². The molecule has 0 spiro atoms. The highest BCUT2D eigenvalue weighted by Crippen LogP contribution is 2.32. The molecular weight excluding hydrogens is 350 g/mol. The zero-order valence-electron chi connectivity index (χ0n) is 16.8. The molecule has 4 rings (SSSR count). The number of carbonyl (C=O) groups is 1. The van der Waals surface area contributed by atoms with E-state index in [2.05, 4.69) is 35.9 Å². The summed E-state index contributed by atoms with van der Waals surface area (Å²) < 4.78 is 5.81. The summed E-state index contributed by atoms with van der Waals surface area (Å²) >= 11 is 0. The molecule has 0 saturated carbocycles. The average Bonchev–Trinajstić information content (AvgIpc) is 3.18. The van der Waals surface area contributed by atoms with Crippen LogP contribution in [0.4, 0.5) is 0 Å². The summed E-state index contributed by atoms with van der Waals surface area (Å²) in [5.41, 5.74) is 3.19. The summed E-state index contributed by atoms with van der Waals surface area (Å²) in [6.07, 6.45) is 6.21. The maximum Gasteiger partial charge on any atom is 0.254 e. The van der Waals surface area contributed by atoms with Crippen molar-refractivity contribution in [1.82, 2.24) is 14.8 Å². The second kappa shape index (κ2) is 8.41. The minimum atomic E-state index is 0.125. The lowest BCUT2D eigenvalue weighted by atomic mass is 10.0. The lowest BCUT2D eigenvalue weighted by Gasteiger charge is -2.35. The van der Waals surface area contributed by atoms with Crippen LogP contribution in [-0.2, 0) is 11.3 Å². The average molecular weight is 380 g/mol. The number of nitrogens with zero attached hydrogens (tertiary/aromatic N) is 3. The number of aromatic nitrogens is 1. The van der Waals surface area contributed by atoms with E-state index < -0.39 is 0 Å². The summed E-state index contributed by atoms with van der Waals surface area (Å²) in [7, 11) is 0. The largest absolute Gasteiger partial charge is 0.373 e. The zero-order valence-corrected chi connectivity index (χ0v) is 16.8. The Morgan fingerprint density at radius 1 is 1.07 bits per heavy atom. The van der Waals surface area contributed by atoms with Gasteiger partial charge in [-0.2, -0.15) is 0 Å². The lowest BCUT2D eigenvalue weighted by molar-refractivity contribution is -0.0704. The number of likely N-dealkylation sites (tertiary alicyclic amines) is 1. The standard InChI is InChI=1S/C23H29N3O2/c1-17-14-25(15-18(2)28-17)16-19-5-7-21(8-6-19)23(27)26-13-3-4-22(26)20-9-11-24-12-10-20/h5-12,17-18,22H,3-4,13-16H2,1-2H3/t17-,18-,22+/m1/s1. The fourth-order valence-electron chi connectivity index (χ4n) is 4.53. The molecule has 1 aromatic heterocycles. The topological polar surface area (TPSA) is 45.7 Å². The van der Waals surface area contributed by atoms with Gasteiger partial charge in [0.05, 0.1) is 18.2 Å². The molecule has 1 aromatic carbocycles. The molecule has 3 heterocycles. The predicted molar refractivity (Wildman–Crippen MR) is 109 cm³/mol. The molecule has 2 saturated heterocycles. The lowest BCUT2D eigenvalue weighted by Crippen LogP contribution is -2.44. The molecule has 28 heavy (non-hydrogen) atoms. The molecule has 1 amide bonds. The van der Waals surface area contributed by atoms with Crippen LogP contribution in [0, 0.1) is 0 Å². The molecule has 2 fully saturated rings. The summed E-state index contributed by atoms with van der Waals surface area (Å²) in [5.74, 6) is 0.125. The van der Waals surface area contributed by atoms with E-state index in [0.717, 1.165) is 44.6 Å². The van der Waals surface area contributed by atoms with Gasteiger partial charge in [-0.3, -0.25) is 14.7 Å². The number of amides is 1. The molecule has 0 radical (unpaired) electrons. The predicted octanol–water partition coefficient (Wildman–Crippen LogP) is 3.67. The number of carbonyl (C=O) groups excluding carboxylic acids is 1. The van der Waals surface area contributed by atoms with Gasteiger partial charge in [0.25, 0.3) is 5.91 Å². The highest BCUT2D eigenvalue weighted by molar-refractivity contribution is 5.94. The summed E-state index contributed by atoms with van der Waals surface area (Å²) in [4.78, 5) is 21.6. The van der Waals surface area contributed by atoms with Crippen LogP contribution in [0.1, 0.15) is 54.2 Å². The van der Waals surface area contributed by atoms with Gasteiger partial charge in [-0.15, -0.1) is 0 Å². The van der Waals surface area contributed by atoms with Crippen molar-refractivity contribution in [1.29, 1.82) is 0 Å². The Morgan fingerprint density at radius 2 is 1.75 bits per heavy atom. The Bertz CT molecular complexity index is 783. The minimum Gasteiger partial charge on any atom is -0.373 e. The Morgan fingerprint density at radius 3 is 2.43 bits per heavy atom. The molecule has 0 unspecified atom stereocenters. The van der Waals surface area contributed by atoms with E-state index in [1.807, 2.05) is 29.2 Å². The van der Waals surface area contributed by atoms with E-state index in [1.165, 1.54) is 11.1 Å². The van der Waals surface area contributed by atoms with Crippen molar-refractivity contribution in [2.24, 2.45) is 0 Å². The second-order valence-electron chi connectivity index (χ2n) is 8.09. The quantitative estimate of drug-likeness (QED) is 0.813. The summed E-state index contributed by atoms with van der Waals surface area (Å²) in [6.45, 7) is 7.87. The Kier molecular flexibility index (Phi) is 5.74. The van der Waals surface area contributed by atoms with Crippen molar-refractivity contribution in [3.05, 3.63) is 65.5 Å². The first-order valence-electron chi connectivity index (χ1n) is 10.3. The highest BCUT2D eigenvalue weighted by Gasteiger charge is 2.30. The van der Waals surface area contributed by atoms with E-state index in [1.54, 1.807) is 12.4 Å². The first-order chi connectivity index (χ1) is 13.6. The van der Waals surface area contributed by atoms with Crippen molar-refractivity contribution in [2.45, 2.75) is 51.5 Å². The number of morpholine rings is 1. The van der Waals surface area contributed by atoms with Gasteiger partial charge in [-0.25, -0.2) is 0 Å². The fourth-order valence-corrected chi connectivity index (χ4v) is 4.53. The normalized spacial score (nSPS) is 25.8. The van der Waals surface area contributed by atoms with E-state index >= 15 is 0 Å². The third-order valence-electron chi connectivity index (χ3n) is 5.71. The number of pyridine rings is 1. The van der Waals surface area contributed by atoms with Gasteiger partial charge in [0.1, 0.15) is 0 Å². The van der Waals surface area contributed by atoms with Crippen LogP contribution in [0.3, 0.4) is 0 Å². The number of ether oxygens (including phenoxy) is 1. The SMILES string of the molecule is C[C@@H]1CN(Cc2ccc(C(=O)N3CCC[C@H]3c3ccncc3)cc2)C[C@@H](C)O1. The van der Waals surface area contributed by atoms with Crippen LogP contribution in [0.15, 0.2) is 48.8 Å². The van der Waals surface area contributed by atoms with Crippen LogP contribution in [0.5, 0.6) is 0 Å². The molecule has 2 aliphatic rings. The van der Waals surface area contributed by atoms with Crippen LogP contribution in [0.25, 0.3) is 0 Å². The maximum absolute atomic E-state index is 13.1. The van der Waals surface area contributed by atoms with Gasteiger partial charge in [0.2, 0.25) is 0 Å². The third kappa shape index (κ3) is 4.26. The molecule has 0 bridgehead atoms. The number of hydrogen-bond donors (Lipinski definition) is 0.